The number of carbonyl (C=O) groups is 4. The highest BCUT2D eigenvalue weighted by molar-refractivity contribution is 6.22. The third kappa shape index (κ3) is 3.27. The van der Waals surface area contributed by atoms with Crippen LogP contribution < -0.4 is 5.73 Å². The molecule has 36 heavy (non-hydrogen) atoms. The summed E-state index contributed by atoms with van der Waals surface area (Å²) in [6.45, 7) is 0. The molecule has 1 saturated carbocycles. The van der Waals surface area contributed by atoms with E-state index in [-0.39, 0.29) is 47.5 Å². The molecule has 1 amide bonds. The molecule has 6 N–H and O–H groups in total. The summed E-state index contributed by atoms with van der Waals surface area (Å²) in [4.78, 5) is 50.9. The minimum atomic E-state index is -2.62. The Bertz CT molecular complexity index is 1420. The van der Waals surface area contributed by atoms with Crippen molar-refractivity contribution in [1.29, 1.82) is 0 Å². The van der Waals surface area contributed by atoms with Crippen LogP contribution in [0.2, 0.25) is 0 Å². The fourth-order valence-electron chi connectivity index (χ4n) is 5.76. The number of rotatable bonds is 4. The zero-order chi connectivity index (χ0) is 25.9. The van der Waals surface area contributed by atoms with Crippen LogP contribution in [0.5, 0.6) is 5.75 Å². The van der Waals surface area contributed by atoms with Gasteiger partial charge in [0.15, 0.2) is 17.2 Å². The van der Waals surface area contributed by atoms with Crippen LogP contribution in [0.25, 0.3) is 5.76 Å². The van der Waals surface area contributed by atoms with Gasteiger partial charge in [-0.2, -0.15) is 0 Å². The molecule has 3 atom stereocenters. The number of aliphatic hydroxyl groups excluding tert-OH is 2. The number of primary amides is 1. The van der Waals surface area contributed by atoms with Crippen molar-refractivity contribution in [3.8, 4) is 5.75 Å². The fourth-order valence-corrected chi connectivity index (χ4v) is 5.76. The van der Waals surface area contributed by atoms with Crippen molar-refractivity contribution in [2.75, 3.05) is 0 Å². The highest BCUT2D eigenvalue weighted by atomic mass is 16.3. The smallest absolute Gasteiger partial charge is 0.255 e. The number of benzene rings is 2. The number of aliphatic hydroxyl groups is 3. The summed E-state index contributed by atoms with van der Waals surface area (Å²) < 4.78 is 0. The largest absolute Gasteiger partial charge is 0.508 e. The van der Waals surface area contributed by atoms with Gasteiger partial charge in [-0.05, 0) is 42.0 Å². The molecule has 0 bridgehead atoms. The molecule has 0 unspecified atom stereocenters. The topological polar surface area (TPSA) is 175 Å². The zero-order valence-electron chi connectivity index (χ0n) is 19.0. The second kappa shape index (κ2) is 8.17. The zero-order valence-corrected chi connectivity index (χ0v) is 19.0. The van der Waals surface area contributed by atoms with Crippen molar-refractivity contribution >= 4 is 29.0 Å². The first-order valence-corrected chi connectivity index (χ1v) is 11.4. The molecular weight excluding hydrogens is 466 g/mol. The van der Waals surface area contributed by atoms with E-state index in [1.807, 2.05) is 18.2 Å². The Labute approximate surface area is 205 Å². The molecule has 184 valence electrons. The first-order valence-electron chi connectivity index (χ1n) is 11.4. The van der Waals surface area contributed by atoms with E-state index in [1.165, 1.54) is 12.1 Å². The van der Waals surface area contributed by atoms with Gasteiger partial charge in [0.2, 0.25) is 5.78 Å². The average molecular weight is 489 g/mol. The SMILES string of the molecule is NC(=O)C1=C(O)[C@@]2(O)C(=O)C3=C(O)c4c(O)ccc(C(=O)Cc5ccccc5)c4C[C@H]3C[C@H]2CC1=O. The molecule has 3 aliphatic rings. The maximum Gasteiger partial charge on any atom is 0.255 e. The van der Waals surface area contributed by atoms with Gasteiger partial charge in [-0.1, -0.05) is 30.3 Å². The van der Waals surface area contributed by atoms with Crippen LogP contribution in [0.1, 0.15) is 39.9 Å². The molecule has 0 heterocycles. The lowest BCUT2D eigenvalue weighted by molar-refractivity contribution is -0.147. The lowest BCUT2D eigenvalue weighted by atomic mass is 9.59. The molecule has 9 nitrogen and oxygen atoms in total. The number of phenols is 1. The van der Waals surface area contributed by atoms with E-state index in [4.69, 9.17) is 5.73 Å². The van der Waals surface area contributed by atoms with Gasteiger partial charge in [-0.15, -0.1) is 0 Å². The average Bonchev–Trinajstić information content (AvgIpc) is 2.82. The second-order valence-corrected chi connectivity index (χ2v) is 9.48. The second-order valence-electron chi connectivity index (χ2n) is 9.48. The first-order chi connectivity index (χ1) is 17.1. The Kier molecular flexibility index (Phi) is 5.33. The quantitative estimate of drug-likeness (QED) is 0.319. The van der Waals surface area contributed by atoms with Crippen molar-refractivity contribution in [2.45, 2.75) is 31.3 Å². The number of hydrogen-bond donors (Lipinski definition) is 5. The summed E-state index contributed by atoms with van der Waals surface area (Å²) in [5.41, 5.74) is 2.82. The van der Waals surface area contributed by atoms with E-state index in [0.29, 0.717) is 5.56 Å². The van der Waals surface area contributed by atoms with E-state index < -0.39 is 58.4 Å². The minimum Gasteiger partial charge on any atom is -0.508 e. The Morgan fingerprint density at radius 3 is 2.36 bits per heavy atom. The molecule has 0 aliphatic heterocycles. The maximum absolute atomic E-state index is 13.5. The van der Waals surface area contributed by atoms with E-state index in [9.17, 15) is 39.6 Å². The predicted molar refractivity (Wildman–Crippen MR) is 126 cm³/mol. The van der Waals surface area contributed by atoms with Crippen molar-refractivity contribution in [3.05, 3.63) is 81.6 Å². The number of Topliss-reactive ketones (excluding diaryl/α,β-unsaturated/α-hetero) is 3. The Morgan fingerprint density at radius 1 is 1.00 bits per heavy atom. The van der Waals surface area contributed by atoms with E-state index in [1.54, 1.807) is 12.1 Å². The summed E-state index contributed by atoms with van der Waals surface area (Å²) in [6, 6.07) is 11.8. The molecule has 2 aromatic rings. The van der Waals surface area contributed by atoms with Crippen molar-refractivity contribution in [1.82, 2.24) is 0 Å². The number of aromatic hydroxyl groups is 1. The third-order valence-corrected chi connectivity index (χ3v) is 7.46. The van der Waals surface area contributed by atoms with Crippen LogP contribution in [-0.2, 0) is 27.2 Å². The van der Waals surface area contributed by atoms with Crippen molar-refractivity contribution in [2.24, 2.45) is 17.6 Å². The van der Waals surface area contributed by atoms with Crippen LogP contribution in [0.4, 0.5) is 0 Å². The van der Waals surface area contributed by atoms with Gasteiger partial charge in [0, 0.05) is 29.9 Å². The van der Waals surface area contributed by atoms with Crippen LogP contribution in [0.3, 0.4) is 0 Å². The predicted octanol–water partition coefficient (Wildman–Crippen LogP) is 1.85. The van der Waals surface area contributed by atoms with Crippen LogP contribution in [-0.4, -0.2) is 49.3 Å². The number of ketones is 3. The highest BCUT2D eigenvalue weighted by Gasteiger charge is 2.60. The van der Waals surface area contributed by atoms with E-state index in [0.717, 1.165) is 5.56 Å². The third-order valence-electron chi connectivity index (χ3n) is 7.46. The molecule has 3 aliphatic carbocycles. The number of fused-ring (bicyclic) bond motifs is 3. The number of carbonyl (C=O) groups excluding carboxylic acids is 4. The van der Waals surface area contributed by atoms with Crippen LogP contribution >= 0.6 is 0 Å². The standard InChI is InChI=1S/C27H23NO8/c28-26(35)22-19(31)11-14-9-13-10-16-15(18(30)8-12-4-2-1-3-5-12)6-7-17(29)21(16)23(32)20(13)24(33)27(14,36)25(22)34/h1-7,13-14,29,32,34,36H,8-11H2,(H2,28,35)/t13-,14+,27+/m1/s1. The fraction of sp³-hybridized carbons (Fsp3) is 0.259. The van der Waals surface area contributed by atoms with Gasteiger partial charge in [-0.3, -0.25) is 19.2 Å². The minimum absolute atomic E-state index is 0.00485. The lowest BCUT2D eigenvalue weighted by Gasteiger charge is -2.46. The molecule has 5 rings (SSSR count). The van der Waals surface area contributed by atoms with Gasteiger partial charge in [0.1, 0.15) is 22.8 Å². The Balaban J connectivity index is 1.62. The molecular formula is C27H23NO8. The lowest BCUT2D eigenvalue weighted by Crippen LogP contribution is -2.58. The van der Waals surface area contributed by atoms with Gasteiger partial charge in [0.25, 0.3) is 5.91 Å². The molecule has 0 aromatic heterocycles. The van der Waals surface area contributed by atoms with Gasteiger partial charge >= 0.3 is 0 Å². The molecule has 9 heteroatoms. The van der Waals surface area contributed by atoms with E-state index >= 15 is 0 Å². The van der Waals surface area contributed by atoms with Crippen LogP contribution in [0.15, 0.2) is 59.4 Å². The highest BCUT2D eigenvalue weighted by Crippen LogP contribution is 2.52. The van der Waals surface area contributed by atoms with Crippen molar-refractivity contribution < 1.29 is 39.6 Å². The first kappa shape index (κ1) is 23.5. The molecule has 2 aromatic carbocycles. The Hall–Kier alpha value is -4.24. The monoisotopic (exact) mass is 489 g/mol. The summed E-state index contributed by atoms with van der Waals surface area (Å²) in [5.74, 6) is -7.24. The number of hydrogen-bond acceptors (Lipinski definition) is 8. The van der Waals surface area contributed by atoms with Gasteiger partial charge < -0.3 is 26.2 Å². The molecule has 0 spiro atoms. The summed E-state index contributed by atoms with van der Waals surface area (Å²) in [5, 5.41) is 43.6. The molecule has 0 radical (unpaired) electrons. The number of phenolic OH excluding ortho intramolecular Hbond substituents is 1. The van der Waals surface area contributed by atoms with Gasteiger partial charge in [0.05, 0.1) is 5.56 Å². The number of amides is 1. The Morgan fingerprint density at radius 2 is 1.69 bits per heavy atom. The summed E-state index contributed by atoms with van der Waals surface area (Å²) in [6.07, 6.45) is -0.226. The van der Waals surface area contributed by atoms with Gasteiger partial charge in [-0.25, -0.2) is 0 Å². The summed E-state index contributed by atoms with van der Waals surface area (Å²) in [7, 11) is 0. The molecule has 0 saturated heterocycles. The normalized spacial score (nSPS) is 25.2. The number of nitrogens with two attached hydrogens (primary N) is 1. The van der Waals surface area contributed by atoms with Crippen LogP contribution in [0, 0.1) is 11.8 Å². The summed E-state index contributed by atoms with van der Waals surface area (Å²) >= 11 is 0. The van der Waals surface area contributed by atoms with Crippen molar-refractivity contribution in [3.63, 3.8) is 0 Å². The van der Waals surface area contributed by atoms with E-state index in [2.05, 4.69) is 0 Å². The molecule has 1 fully saturated rings. The maximum atomic E-state index is 13.5.